The molecule has 0 spiro atoms. The number of hydrogen-bond donors (Lipinski definition) is 2. The number of carbonyl (C=O) groups excluding carboxylic acids is 1. The number of allylic oxidation sites excluding steroid dienone is 2. The van der Waals surface area contributed by atoms with E-state index in [-0.39, 0.29) is 28.2 Å². The molecule has 0 amide bonds. The minimum atomic E-state index is -4.62. The number of alkyl halides is 3. The molecule has 142 valence electrons. The van der Waals surface area contributed by atoms with E-state index in [0.717, 1.165) is 0 Å². The van der Waals surface area contributed by atoms with Crippen LogP contribution in [0.2, 0.25) is 0 Å². The first kappa shape index (κ1) is 18.9. The van der Waals surface area contributed by atoms with Crippen molar-refractivity contribution in [3.05, 3.63) is 65.5 Å². The Balaban J connectivity index is 2.03. The Kier molecular flexibility index (Phi) is 4.71. The lowest BCUT2D eigenvalue weighted by atomic mass is 9.79. The van der Waals surface area contributed by atoms with Crippen LogP contribution in [-0.4, -0.2) is 16.0 Å². The highest BCUT2D eigenvalue weighted by Gasteiger charge is 2.39. The van der Waals surface area contributed by atoms with E-state index in [1.54, 1.807) is 30.3 Å². The van der Waals surface area contributed by atoms with Gasteiger partial charge < -0.3 is 5.32 Å². The molecular formula is C20H20F3N3O. The molecule has 0 saturated carbocycles. The van der Waals surface area contributed by atoms with Gasteiger partial charge in [0.2, 0.25) is 0 Å². The molecule has 0 fully saturated rings. The molecule has 2 N–H and O–H groups in total. The lowest BCUT2D eigenvalue weighted by Gasteiger charge is -2.29. The van der Waals surface area contributed by atoms with E-state index in [4.69, 9.17) is 0 Å². The summed E-state index contributed by atoms with van der Waals surface area (Å²) < 4.78 is 40.5. The summed E-state index contributed by atoms with van der Waals surface area (Å²) in [5, 5.41) is 8.82. The summed E-state index contributed by atoms with van der Waals surface area (Å²) in [6, 6.07) is 8.60. The number of carbonyl (C=O) groups is 1. The fraction of sp³-hybridized carbons (Fsp3) is 0.300. The summed E-state index contributed by atoms with van der Waals surface area (Å²) in [4.78, 5) is 11.9. The number of aromatic nitrogens is 2. The molecule has 1 heterocycles. The highest BCUT2D eigenvalue weighted by Crippen LogP contribution is 2.40. The number of aromatic amines is 1. The average molecular weight is 375 g/mol. The van der Waals surface area contributed by atoms with Crippen LogP contribution in [-0.2, 0) is 11.0 Å². The van der Waals surface area contributed by atoms with Crippen LogP contribution < -0.4 is 5.32 Å². The Labute approximate surface area is 155 Å². The zero-order valence-corrected chi connectivity index (χ0v) is 15.1. The average Bonchev–Trinajstić information content (AvgIpc) is 2.96. The van der Waals surface area contributed by atoms with Crippen molar-refractivity contribution in [1.82, 2.24) is 10.2 Å². The topological polar surface area (TPSA) is 57.8 Å². The molecular weight excluding hydrogens is 355 g/mol. The van der Waals surface area contributed by atoms with Gasteiger partial charge in [-0.1, -0.05) is 50.8 Å². The van der Waals surface area contributed by atoms with E-state index in [9.17, 15) is 18.0 Å². The van der Waals surface area contributed by atoms with E-state index in [0.29, 0.717) is 24.1 Å². The number of halogens is 3. The van der Waals surface area contributed by atoms with Gasteiger partial charge in [-0.2, -0.15) is 18.3 Å². The van der Waals surface area contributed by atoms with Gasteiger partial charge >= 0.3 is 6.18 Å². The van der Waals surface area contributed by atoms with E-state index >= 15 is 0 Å². The molecule has 1 aromatic heterocycles. The van der Waals surface area contributed by atoms with E-state index in [1.165, 1.54) is 6.08 Å². The molecule has 2 aromatic rings. The second kappa shape index (κ2) is 6.72. The normalized spacial score (nSPS) is 16.8. The zero-order valence-electron chi connectivity index (χ0n) is 15.1. The second-order valence-electron chi connectivity index (χ2n) is 7.44. The molecule has 0 unspecified atom stereocenters. The third kappa shape index (κ3) is 4.13. The van der Waals surface area contributed by atoms with Crippen LogP contribution in [0.5, 0.6) is 0 Å². The Bertz CT molecular complexity index is 908. The maximum Gasteiger partial charge on any atom is 0.433 e. The van der Waals surface area contributed by atoms with Crippen LogP contribution in [0.4, 0.5) is 19.0 Å². The van der Waals surface area contributed by atoms with Crippen molar-refractivity contribution >= 4 is 17.2 Å². The third-order valence-electron chi connectivity index (χ3n) is 4.41. The van der Waals surface area contributed by atoms with Crippen molar-refractivity contribution in [3.8, 4) is 0 Å². The first-order chi connectivity index (χ1) is 12.6. The summed E-state index contributed by atoms with van der Waals surface area (Å²) >= 11 is 0. The number of ketones is 1. The number of benzene rings is 1. The number of nitrogens with zero attached hydrogens (tertiary/aromatic N) is 1. The highest BCUT2D eigenvalue weighted by atomic mass is 19.4. The van der Waals surface area contributed by atoms with Crippen LogP contribution in [0.15, 0.2) is 48.7 Å². The highest BCUT2D eigenvalue weighted by molar-refractivity contribution is 5.93. The molecule has 1 aromatic carbocycles. The number of nitrogens with one attached hydrogen (secondary N) is 2. The van der Waals surface area contributed by atoms with Gasteiger partial charge in [0.1, 0.15) is 5.69 Å². The maximum absolute atomic E-state index is 13.5. The van der Waals surface area contributed by atoms with Crippen molar-refractivity contribution in [2.24, 2.45) is 5.41 Å². The number of hydrogen-bond acceptors (Lipinski definition) is 3. The van der Waals surface area contributed by atoms with Crippen molar-refractivity contribution in [3.63, 3.8) is 0 Å². The molecule has 1 aliphatic rings. The van der Waals surface area contributed by atoms with E-state index in [1.807, 2.05) is 13.8 Å². The summed E-state index contributed by atoms with van der Waals surface area (Å²) in [6.45, 7) is 7.73. The number of anilines is 1. The van der Waals surface area contributed by atoms with Gasteiger partial charge in [0, 0.05) is 18.2 Å². The van der Waals surface area contributed by atoms with Gasteiger partial charge in [-0.05, 0) is 23.0 Å². The van der Waals surface area contributed by atoms with Gasteiger partial charge in [0.05, 0.1) is 5.56 Å². The lowest BCUT2D eigenvalue weighted by Crippen LogP contribution is -2.24. The summed E-state index contributed by atoms with van der Waals surface area (Å²) in [5.74, 6) is -0.0586. The summed E-state index contributed by atoms with van der Waals surface area (Å²) in [5.41, 5.74) is -0.0963. The molecule has 0 bridgehead atoms. The fourth-order valence-corrected chi connectivity index (χ4v) is 3.29. The number of rotatable bonds is 4. The molecule has 1 aliphatic carbocycles. The number of H-pyrrole nitrogens is 1. The van der Waals surface area contributed by atoms with Crippen LogP contribution in [0.1, 0.15) is 43.5 Å². The van der Waals surface area contributed by atoms with Gasteiger partial charge in [0.15, 0.2) is 11.6 Å². The predicted molar refractivity (Wildman–Crippen MR) is 97.9 cm³/mol. The molecule has 0 aliphatic heterocycles. The predicted octanol–water partition coefficient (Wildman–Crippen LogP) is 5.17. The first-order valence-electron chi connectivity index (χ1n) is 8.47. The van der Waals surface area contributed by atoms with Crippen LogP contribution in [0.3, 0.4) is 0 Å². The molecule has 0 saturated heterocycles. The Morgan fingerprint density at radius 1 is 1.22 bits per heavy atom. The molecule has 0 radical (unpaired) electrons. The summed E-state index contributed by atoms with van der Waals surface area (Å²) in [6.07, 6.45) is -2.25. The fourth-order valence-electron chi connectivity index (χ4n) is 3.29. The first-order valence-corrected chi connectivity index (χ1v) is 8.47. The molecule has 3 rings (SSSR count). The monoisotopic (exact) mass is 375 g/mol. The van der Waals surface area contributed by atoms with Gasteiger partial charge in [-0.3, -0.25) is 9.89 Å². The largest absolute Gasteiger partial charge is 0.433 e. The lowest BCUT2D eigenvalue weighted by molar-refractivity contribution is -0.141. The standard InChI is InChI=1S/C20H20F3N3O/c1-12(13-7-5-4-6-8-13)16-17(20(21,22)23)25-26-18(16)24-14-9-15(27)11-19(2,3)10-14/h4-9H,1,10-11H2,2-3H3,(H2,24,25,26). The van der Waals surface area contributed by atoms with Crippen molar-refractivity contribution < 1.29 is 18.0 Å². The van der Waals surface area contributed by atoms with Gasteiger partial charge in [-0.15, -0.1) is 0 Å². The molecule has 7 heteroatoms. The summed E-state index contributed by atoms with van der Waals surface area (Å²) in [7, 11) is 0. The maximum atomic E-state index is 13.5. The van der Waals surface area contributed by atoms with E-state index < -0.39 is 11.9 Å². The third-order valence-corrected chi connectivity index (χ3v) is 4.41. The van der Waals surface area contributed by atoms with E-state index in [2.05, 4.69) is 22.1 Å². The molecule has 0 atom stereocenters. The molecule has 4 nitrogen and oxygen atoms in total. The van der Waals surface area contributed by atoms with Crippen LogP contribution in [0.25, 0.3) is 5.57 Å². The Morgan fingerprint density at radius 3 is 2.48 bits per heavy atom. The van der Waals surface area contributed by atoms with Gasteiger partial charge in [0.25, 0.3) is 0 Å². The molecule has 27 heavy (non-hydrogen) atoms. The van der Waals surface area contributed by atoms with Crippen molar-refractivity contribution in [2.45, 2.75) is 32.9 Å². The SMILES string of the molecule is C=C(c1ccccc1)c1c(NC2=CC(=O)CC(C)(C)C2)n[nH]c1C(F)(F)F. The van der Waals surface area contributed by atoms with Gasteiger partial charge in [-0.25, -0.2) is 0 Å². The second-order valence-corrected chi connectivity index (χ2v) is 7.44. The minimum absolute atomic E-state index is 0.00734. The Hall–Kier alpha value is -2.83. The minimum Gasteiger partial charge on any atom is -0.342 e. The van der Waals surface area contributed by atoms with Crippen LogP contribution >= 0.6 is 0 Å². The van der Waals surface area contributed by atoms with Crippen LogP contribution in [0, 0.1) is 5.41 Å². The zero-order chi connectivity index (χ0) is 19.8. The van der Waals surface area contributed by atoms with Crippen molar-refractivity contribution in [1.29, 1.82) is 0 Å². The quantitative estimate of drug-likeness (QED) is 0.775. The smallest absolute Gasteiger partial charge is 0.342 e. The van der Waals surface area contributed by atoms with Crippen molar-refractivity contribution in [2.75, 3.05) is 5.32 Å². The Morgan fingerprint density at radius 2 is 1.89 bits per heavy atom.